The SMILES string of the molecule is CCC(N)(CC)CN(C)[C]=O. The van der Waals surface area contributed by atoms with E-state index in [4.69, 9.17) is 5.73 Å². The first kappa shape index (κ1) is 10.4. The summed E-state index contributed by atoms with van der Waals surface area (Å²) < 4.78 is 0. The Morgan fingerprint density at radius 1 is 1.45 bits per heavy atom. The Morgan fingerprint density at radius 3 is 2.18 bits per heavy atom. The van der Waals surface area contributed by atoms with Crippen LogP contribution >= 0.6 is 0 Å². The molecule has 0 atom stereocenters. The molecular weight excluding hydrogens is 140 g/mol. The van der Waals surface area contributed by atoms with Gasteiger partial charge >= 0.3 is 6.41 Å². The summed E-state index contributed by atoms with van der Waals surface area (Å²) in [5.74, 6) is 0. The van der Waals surface area contributed by atoms with Crippen LogP contribution in [0.25, 0.3) is 0 Å². The minimum Gasteiger partial charge on any atom is -0.336 e. The molecule has 0 aliphatic heterocycles. The maximum atomic E-state index is 10.2. The molecule has 65 valence electrons. The Morgan fingerprint density at radius 2 is 1.91 bits per heavy atom. The van der Waals surface area contributed by atoms with Crippen LogP contribution in [0.5, 0.6) is 0 Å². The van der Waals surface area contributed by atoms with Gasteiger partial charge in [0.15, 0.2) is 0 Å². The summed E-state index contributed by atoms with van der Waals surface area (Å²) in [6, 6.07) is 0. The highest BCUT2D eigenvalue weighted by atomic mass is 16.1. The predicted molar refractivity (Wildman–Crippen MR) is 45.8 cm³/mol. The van der Waals surface area contributed by atoms with Gasteiger partial charge in [-0.1, -0.05) is 13.8 Å². The first-order chi connectivity index (χ1) is 5.08. The zero-order valence-electron chi connectivity index (χ0n) is 7.55. The van der Waals surface area contributed by atoms with Crippen molar-refractivity contribution in [2.24, 2.45) is 5.73 Å². The van der Waals surface area contributed by atoms with E-state index in [0.29, 0.717) is 6.54 Å². The zero-order chi connectivity index (χ0) is 8.91. The summed E-state index contributed by atoms with van der Waals surface area (Å²) in [5.41, 5.74) is 5.72. The number of nitrogens with two attached hydrogens (primary N) is 1. The first-order valence-electron chi connectivity index (χ1n) is 3.95. The fraction of sp³-hybridized carbons (Fsp3) is 0.875. The number of carbonyl (C=O) groups excluding carboxylic acids is 1. The second-order valence-electron chi connectivity index (χ2n) is 3.02. The van der Waals surface area contributed by atoms with E-state index in [-0.39, 0.29) is 5.54 Å². The van der Waals surface area contributed by atoms with E-state index in [2.05, 4.69) is 0 Å². The van der Waals surface area contributed by atoms with Crippen LogP contribution in [-0.4, -0.2) is 30.4 Å². The van der Waals surface area contributed by atoms with Crippen LogP contribution in [0.15, 0.2) is 0 Å². The summed E-state index contributed by atoms with van der Waals surface area (Å²) in [7, 11) is 1.69. The van der Waals surface area contributed by atoms with Crippen LogP contribution in [-0.2, 0) is 4.79 Å². The van der Waals surface area contributed by atoms with Crippen molar-refractivity contribution in [2.75, 3.05) is 13.6 Å². The lowest BCUT2D eigenvalue weighted by atomic mass is 9.94. The molecule has 3 heteroatoms. The van der Waals surface area contributed by atoms with E-state index < -0.39 is 0 Å². The van der Waals surface area contributed by atoms with Gasteiger partial charge in [-0.15, -0.1) is 0 Å². The average molecular weight is 157 g/mol. The van der Waals surface area contributed by atoms with Crippen LogP contribution in [0.4, 0.5) is 0 Å². The van der Waals surface area contributed by atoms with Crippen molar-refractivity contribution in [3.63, 3.8) is 0 Å². The molecule has 0 aromatic rings. The molecule has 0 aliphatic carbocycles. The lowest BCUT2D eigenvalue weighted by molar-refractivity contribution is 0.297. The minimum atomic E-state index is -0.230. The summed E-state index contributed by atoms with van der Waals surface area (Å²) >= 11 is 0. The molecule has 1 radical (unpaired) electrons. The monoisotopic (exact) mass is 157 g/mol. The third-order valence-corrected chi connectivity index (χ3v) is 2.12. The van der Waals surface area contributed by atoms with Crippen molar-refractivity contribution < 1.29 is 4.79 Å². The number of rotatable bonds is 5. The molecule has 0 heterocycles. The van der Waals surface area contributed by atoms with Gasteiger partial charge in [0.1, 0.15) is 0 Å². The van der Waals surface area contributed by atoms with Crippen molar-refractivity contribution in [3.8, 4) is 0 Å². The molecule has 11 heavy (non-hydrogen) atoms. The summed E-state index contributed by atoms with van der Waals surface area (Å²) in [6.07, 6.45) is 3.56. The summed E-state index contributed by atoms with van der Waals surface area (Å²) in [4.78, 5) is 11.6. The van der Waals surface area contributed by atoms with Gasteiger partial charge in [-0.2, -0.15) is 0 Å². The van der Waals surface area contributed by atoms with E-state index in [1.807, 2.05) is 13.8 Å². The fourth-order valence-electron chi connectivity index (χ4n) is 0.978. The van der Waals surface area contributed by atoms with E-state index in [1.165, 1.54) is 4.90 Å². The third kappa shape index (κ3) is 3.37. The molecule has 0 saturated carbocycles. The highest BCUT2D eigenvalue weighted by Crippen LogP contribution is 2.11. The Labute approximate surface area is 68.6 Å². The molecule has 2 N–H and O–H groups in total. The van der Waals surface area contributed by atoms with Crippen molar-refractivity contribution in [3.05, 3.63) is 0 Å². The molecule has 0 aliphatic rings. The number of hydrogen-bond donors (Lipinski definition) is 1. The fourth-order valence-corrected chi connectivity index (χ4v) is 0.978. The van der Waals surface area contributed by atoms with Gasteiger partial charge in [-0.05, 0) is 12.8 Å². The van der Waals surface area contributed by atoms with Gasteiger partial charge in [-0.3, -0.25) is 4.79 Å². The van der Waals surface area contributed by atoms with Crippen molar-refractivity contribution in [1.29, 1.82) is 0 Å². The van der Waals surface area contributed by atoms with Crippen molar-refractivity contribution in [1.82, 2.24) is 4.90 Å². The summed E-state index contributed by atoms with van der Waals surface area (Å²) in [5, 5.41) is 0. The second-order valence-corrected chi connectivity index (χ2v) is 3.02. The number of likely N-dealkylation sites (N-methyl/N-ethyl adjacent to an activating group) is 1. The minimum absolute atomic E-state index is 0.230. The van der Waals surface area contributed by atoms with E-state index in [9.17, 15) is 4.79 Å². The first-order valence-corrected chi connectivity index (χ1v) is 3.95. The van der Waals surface area contributed by atoms with Gasteiger partial charge in [0.05, 0.1) is 0 Å². The second kappa shape index (κ2) is 4.34. The molecule has 0 rings (SSSR count). The van der Waals surface area contributed by atoms with Crippen LogP contribution in [0.1, 0.15) is 26.7 Å². The Kier molecular flexibility index (Phi) is 4.11. The molecule has 0 unspecified atom stereocenters. The smallest absolute Gasteiger partial charge is 0.311 e. The van der Waals surface area contributed by atoms with Gasteiger partial charge in [0.25, 0.3) is 0 Å². The maximum absolute atomic E-state index is 10.2. The molecular formula is C8H17N2O. The Bertz CT molecular complexity index is 121. The molecule has 1 amide bonds. The van der Waals surface area contributed by atoms with Gasteiger partial charge in [0.2, 0.25) is 0 Å². The molecule has 0 aromatic heterocycles. The van der Waals surface area contributed by atoms with Crippen molar-refractivity contribution in [2.45, 2.75) is 32.2 Å². The topological polar surface area (TPSA) is 46.3 Å². The van der Waals surface area contributed by atoms with E-state index in [1.54, 1.807) is 13.5 Å². The van der Waals surface area contributed by atoms with E-state index in [0.717, 1.165) is 12.8 Å². The number of amides is 1. The third-order valence-electron chi connectivity index (χ3n) is 2.12. The molecule has 0 bridgehead atoms. The standard InChI is InChI=1S/C8H17N2O/c1-4-8(9,5-2)6-10(3)7-11/h4-6,9H2,1-3H3. The maximum Gasteiger partial charge on any atom is 0.311 e. The van der Waals surface area contributed by atoms with Crippen molar-refractivity contribution >= 4 is 6.41 Å². The van der Waals surface area contributed by atoms with Gasteiger partial charge in [0, 0.05) is 19.1 Å². The highest BCUT2D eigenvalue weighted by molar-refractivity contribution is 5.47. The Balaban J connectivity index is 3.95. The molecule has 0 spiro atoms. The normalized spacial score (nSPS) is 11.3. The number of hydrogen-bond acceptors (Lipinski definition) is 2. The number of nitrogens with zero attached hydrogens (tertiary/aromatic N) is 1. The molecule has 0 fully saturated rings. The summed E-state index contributed by atoms with van der Waals surface area (Å²) in [6.45, 7) is 4.65. The van der Waals surface area contributed by atoms with Gasteiger partial charge in [-0.25, -0.2) is 0 Å². The molecule has 3 nitrogen and oxygen atoms in total. The van der Waals surface area contributed by atoms with Crippen LogP contribution in [0.2, 0.25) is 0 Å². The average Bonchev–Trinajstić information content (AvgIpc) is 2.04. The van der Waals surface area contributed by atoms with Crippen LogP contribution in [0.3, 0.4) is 0 Å². The van der Waals surface area contributed by atoms with E-state index >= 15 is 0 Å². The highest BCUT2D eigenvalue weighted by Gasteiger charge is 2.21. The largest absolute Gasteiger partial charge is 0.336 e. The lowest BCUT2D eigenvalue weighted by Gasteiger charge is -2.29. The lowest BCUT2D eigenvalue weighted by Crippen LogP contribution is -2.47. The quantitative estimate of drug-likeness (QED) is 0.591. The van der Waals surface area contributed by atoms with Gasteiger partial charge < -0.3 is 10.6 Å². The predicted octanol–water partition coefficient (Wildman–Crippen LogP) is 0.503. The Hall–Kier alpha value is -0.570. The zero-order valence-corrected chi connectivity index (χ0v) is 7.55. The van der Waals surface area contributed by atoms with Crippen LogP contribution < -0.4 is 5.73 Å². The molecule has 0 aromatic carbocycles. The van der Waals surface area contributed by atoms with Crippen LogP contribution in [0, 0.1) is 0 Å². The molecule has 0 saturated heterocycles.